The topological polar surface area (TPSA) is 122 Å². The van der Waals surface area contributed by atoms with E-state index >= 15 is 0 Å². The zero-order valence-electron chi connectivity index (χ0n) is 19.0. The zero-order valence-corrected chi connectivity index (χ0v) is 19.0. The van der Waals surface area contributed by atoms with Crippen LogP contribution in [0.5, 0.6) is 0 Å². The van der Waals surface area contributed by atoms with Crippen LogP contribution in [-0.2, 0) is 18.0 Å². The van der Waals surface area contributed by atoms with Gasteiger partial charge < -0.3 is 10.4 Å². The molecule has 37 heavy (non-hydrogen) atoms. The molecule has 0 radical (unpaired) electrons. The van der Waals surface area contributed by atoms with Crippen LogP contribution in [-0.4, -0.2) is 40.0 Å². The lowest BCUT2D eigenvalue weighted by Gasteiger charge is -2.17. The molecule has 4 aromatic rings. The van der Waals surface area contributed by atoms with E-state index in [1.807, 2.05) is 0 Å². The van der Waals surface area contributed by atoms with Gasteiger partial charge in [-0.1, -0.05) is 0 Å². The third-order valence-corrected chi connectivity index (χ3v) is 4.73. The molecule has 0 bridgehead atoms. The second kappa shape index (κ2) is 9.31. The van der Waals surface area contributed by atoms with Crippen LogP contribution in [0.15, 0.2) is 48.9 Å². The minimum absolute atomic E-state index is 0.0912. The van der Waals surface area contributed by atoms with Crippen molar-refractivity contribution in [3.63, 3.8) is 0 Å². The Morgan fingerprint density at radius 1 is 0.649 bits per heavy atom. The molecule has 0 amide bonds. The fourth-order valence-corrected chi connectivity index (χ4v) is 2.98. The van der Waals surface area contributed by atoms with Gasteiger partial charge in [-0.15, -0.1) is 0 Å². The van der Waals surface area contributed by atoms with E-state index in [-0.39, 0.29) is 34.5 Å². The summed E-state index contributed by atoms with van der Waals surface area (Å²) >= 11 is 0. The Morgan fingerprint density at radius 2 is 1.27 bits per heavy atom. The number of aliphatic hydroxyl groups is 1. The van der Waals surface area contributed by atoms with Crippen LogP contribution in [0.1, 0.15) is 30.9 Å². The van der Waals surface area contributed by atoms with Gasteiger partial charge in [-0.2, -0.15) is 36.3 Å². The van der Waals surface area contributed by atoms with Crippen molar-refractivity contribution in [3.05, 3.63) is 66.0 Å². The van der Waals surface area contributed by atoms with Gasteiger partial charge in [-0.25, -0.2) is 15.0 Å². The number of rotatable bonds is 5. The highest BCUT2D eigenvalue weighted by Crippen LogP contribution is 2.31. The van der Waals surface area contributed by atoms with Crippen LogP contribution in [0.3, 0.4) is 0 Å². The summed E-state index contributed by atoms with van der Waals surface area (Å²) in [7, 11) is 0. The average Bonchev–Trinajstić information content (AvgIpc) is 2.83. The van der Waals surface area contributed by atoms with E-state index in [0.29, 0.717) is 12.1 Å². The van der Waals surface area contributed by atoms with Crippen molar-refractivity contribution in [2.45, 2.75) is 31.8 Å². The normalized spacial score (nSPS) is 12.5. The summed E-state index contributed by atoms with van der Waals surface area (Å²) in [5.41, 5.74) is -3.34. The van der Waals surface area contributed by atoms with E-state index in [1.54, 1.807) is 0 Å². The predicted octanol–water partition coefficient (Wildman–Crippen LogP) is 4.79. The molecule has 15 heteroatoms. The van der Waals surface area contributed by atoms with Crippen LogP contribution in [0, 0.1) is 0 Å². The summed E-state index contributed by atoms with van der Waals surface area (Å²) in [4.78, 5) is 27.0. The molecule has 0 atom stereocenters. The van der Waals surface area contributed by atoms with Crippen molar-refractivity contribution >= 4 is 11.6 Å². The second-order valence-corrected chi connectivity index (χ2v) is 8.11. The lowest BCUT2D eigenvalue weighted by Crippen LogP contribution is -2.17. The standard InChI is InChI=1S/C22H16F6N8O/c1-20(2,37)14-9-11(3-6-29-14)16-34-18(17-31-8-5-13(33-17)21(23,24)25)36-19(35-16)32-12-4-7-30-15(10-12)22(26,27)28/h3-10,37H,1-2H3,(H,30,32,34,35,36). The fraction of sp³-hybridized carbons (Fsp3) is 0.227. The molecule has 0 spiro atoms. The Labute approximate surface area is 204 Å². The molecule has 0 aliphatic heterocycles. The molecule has 0 aliphatic carbocycles. The summed E-state index contributed by atoms with van der Waals surface area (Å²) in [5, 5.41) is 12.9. The summed E-state index contributed by atoms with van der Waals surface area (Å²) in [6.07, 6.45) is -6.34. The Balaban J connectivity index is 1.85. The first-order chi connectivity index (χ1) is 17.2. The summed E-state index contributed by atoms with van der Waals surface area (Å²) in [6.45, 7) is 2.98. The zero-order chi connectivity index (χ0) is 27.0. The molecule has 0 unspecified atom stereocenters. The highest BCUT2D eigenvalue weighted by atomic mass is 19.4. The number of halogens is 6. The Bertz CT molecular complexity index is 1360. The minimum Gasteiger partial charge on any atom is -0.384 e. The van der Waals surface area contributed by atoms with Gasteiger partial charge in [-0.05, 0) is 44.2 Å². The van der Waals surface area contributed by atoms with Crippen LogP contribution in [0.2, 0.25) is 0 Å². The maximum atomic E-state index is 13.2. The molecule has 4 heterocycles. The van der Waals surface area contributed by atoms with Crippen molar-refractivity contribution in [2.75, 3.05) is 5.32 Å². The molecule has 0 saturated heterocycles. The van der Waals surface area contributed by atoms with Crippen molar-refractivity contribution in [3.8, 4) is 23.0 Å². The average molecular weight is 522 g/mol. The van der Waals surface area contributed by atoms with Gasteiger partial charge in [0.15, 0.2) is 11.6 Å². The monoisotopic (exact) mass is 522 g/mol. The number of nitrogens with zero attached hydrogens (tertiary/aromatic N) is 7. The highest BCUT2D eigenvalue weighted by molar-refractivity contribution is 5.62. The summed E-state index contributed by atoms with van der Waals surface area (Å²) in [5.74, 6) is -1.28. The number of hydrogen-bond donors (Lipinski definition) is 2. The number of nitrogens with one attached hydrogen (secondary N) is 1. The second-order valence-electron chi connectivity index (χ2n) is 8.11. The largest absolute Gasteiger partial charge is 0.433 e. The number of anilines is 2. The van der Waals surface area contributed by atoms with E-state index in [9.17, 15) is 31.4 Å². The highest BCUT2D eigenvalue weighted by Gasteiger charge is 2.34. The van der Waals surface area contributed by atoms with Crippen molar-refractivity contribution in [2.24, 2.45) is 0 Å². The first kappa shape index (κ1) is 25.8. The molecule has 0 fully saturated rings. The Morgan fingerprint density at radius 3 is 1.95 bits per heavy atom. The van der Waals surface area contributed by atoms with E-state index in [0.717, 1.165) is 12.4 Å². The van der Waals surface area contributed by atoms with Crippen molar-refractivity contribution in [1.82, 2.24) is 34.9 Å². The minimum atomic E-state index is -4.77. The van der Waals surface area contributed by atoms with Crippen LogP contribution < -0.4 is 5.32 Å². The third kappa shape index (κ3) is 6.11. The first-order valence-corrected chi connectivity index (χ1v) is 10.4. The van der Waals surface area contributed by atoms with E-state index < -0.39 is 35.2 Å². The van der Waals surface area contributed by atoms with Crippen LogP contribution in [0.4, 0.5) is 38.0 Å². The summed E-state index contributed by atoms with van der Waals surface area (Å²) in [6, 6.07) is 5.52. The SMILES string of the molecule is CC(C)(O)c1cc(-c2nc(Nc3ccnc(C(F)(F)F)c3)nc(-c3nccc(C(F)(F)F)n3)n2)ccn1. The Hall–Kier alpha value is -4.27. The number of hydrogen-bond acceptors (Lipinski definition) is 9. The van der Waals surface area contributed by atoms with Gasteiger partial charge in [0, 0.05) is 29.8 Å². The van der Waals surface area contributed by atoms with E-state index in [2.05, 4.69) is 40.2 Å². The maximum absolute atomic E-state index is 13.2. The quantitative estimate of drug-likeness (QED) is 0.356. The molecular formula is C22H16F6N8O. The molecule has 2 N–H and O–H groups in total. The van der Waals surface area contributed by atoms with E-state index in [1.165, 1.54) is 38.2 Å². The van der Waals surface area contributed by atoms with Gasteiger partial charge in [0.2, 0.25) is 11.8 Å². The third-order valence-electron chi connectivity index (χ3n) is 4.73. The van der Waals surface area contributed by atoms with Gasteiger partial charge in [0.25, 0.3) is 0 Å². The molecule has 192 valence electrons. The van der Waals surface area contributed by atoms with Gasteiger partial charge in [0.1, 0.15) is 17.0 Å². The predicted molar refractivity (Wildman–Crippen MR) is 117 cm³/mol. The molecule has 9 nitrogen and oxygen atoms in total. The molecule has 4 aromatic heterocycles. The van der Waals surface area contributed by atoms with Crippen LogP contribution in [0.25, 0.3) is 23.0 Å². The maximum Gasteiger partial charge on any atom is 0.433 e. The summed E-state index contributed by atoms with van der Waals surface area (Å²) < 4.78 is 78.8. The molecule has 0 saturated carbocycles. The number of alkyl halides is 6. The van der Waals surface area contributed by atoms with Crippen LogP contribution >= 0.6 is 0 Å². The fourth-order valence-electron chi connectivity index (χ4n) is 2.98. The van der Waals surface area contributed by atoms with Gasteiger partial charge >= 0.3 is 12.4 Å². The van der Waals surface area contributed by atoms with Crippen molar-refractivity contribution < 1.29 is 31.4 Å². The van der Waals surface area contributed by atoms with Crippen molar-refractivity contribution in [1.29, 1.82) is 0 Å². The smallest absolute Gasteiger partial charge is 0.384 e. The van der Waals surface area contributed by atoms with E-state index in [4.69, 9.17) is 0 Å². The first-order valence-electron chi connectivity index (χ1n) is 10.4. The van der Waals surface area contributed by atoms with Gasteiger partial charge in [0.05, 0.1) is 5.69 Å². The molecular weight excluding hydrogens is 506 g/mol. The molecule has 0 aromatic carbocycles. The molecule has 0 aliphatic rings. The number of pyridine rings is 2. The lowest BCUT2D eigenvalue weighted by atomic mass is 10.0. The molecule has 4 rings (SSSR count). The Kier molecular flexibility index (Phi) is 6.50. The lowest BCUT2D eigenvalue weighted by molar-refractivity contribution is -0.141. The number of aromatic nitrogens is 7. The van der Waals surface area contributed by atoms with Gasteiger partial charge in [-0.3, -0.25) is 9.97 Å².